The smallest absolute Gasteiger partial charge is 0.309 e. The highest BCUT2D eigenvalue weighted by atomic mass is 19.3. The number of hydrogen-bond donors (Lipinski definition) is 2. The van der Waals surface area contributed by atoms with Crippen molar-refractivity contribution in [3.05, 3.63) is 59.4 Å². The largest absolute Gasteiger partial charge is 0.481 e. The fourth-order valence-electron chi connectivity index (χ4n) is 4.34. The molecule has 0 atom stereocenters. The second-order valence-electron chi connectivity index (χ2n) is 8.58. The number of alkyl halides is 2. The van der Waals surface area contributed by atoms with E-state index in [0.29, 0.717) is 10.9 Å². The number of benzene rings is 2. The van der Waals surface area contributed by atoms with E-state index in [9.17, 15) is 18.7 Å². The number of H-pyrrole nitrogens is 1. The first-order valence-corrected chi connectivity index (χ1v) is 10.0. The fraction of sp³-hybridized carbons (Fsp3) is 0.304. The number of hydrogen-bond acceptors (Lipinski definition) is 3. The van der Waals surface area contributed by atoms with E-state index in [0.717, 1.165) is 12.1 Å². The Morgan fingerprint density at radius 2 is 1.91 bits per heavy atom. The maximum absolute atomic E-state index is 15.6. The molecule has 0 aliphatic carbocycles. The Morgan fingerprint density at radius 1 is 1.18 bits per heavy atom. The molecule has 0 aliphatic rings. The summed E-state index contributed by atoms with van der Waals surface area (Å²) in [6.07, 6.45) is 0.0629. The van der Waals surface area contributed by atoms with Gasteiger partial charge in [0.2, 0.25) is 0 Å². The van der Waals surface area contributed by atoms with Gasteiger partial charge in [-0.15, -0.1) is 0 Å². The van der Waals surface area contributed by atoms with Crippen molar-refractivity contribution < 1.29 is 32.2 Å². The molecular formula is C23H21F4N3O3. The second-order valence-corrected chi connectivity index (χ2v) is 8.58. The lowest BCUT2D eigenvalue weighted by Crippen LogP contribution is -2.31. The lowest BCUT2D eigenvalue weighted by Gasteiger charge is -2.30. The first-order valence-electron chi connectivity index (χ1n) is 10.0. The van der Waals surface area contributed by atoms with Gasteiger partial charge in [-0.2, -0.15) is 5.10 Å². The SMILES string of the molecule is COCC(C)(C)c1c(C(F)(F)CC(=O)O)c2cc3[nH]ncc3cc2n1-c1ccc(F)c(F)c1. The molecule has 2 aromatic heterocycles. The van der Waals surface area contributed by atoms with Crippen molar-refractivity contribution in [2.75, 3.05) is 13.7 Å². The van der Waals surface area contributed by atoms with Gasteiger partial charge in [0, 0.05) is 40.7 Å². The highest BCUT2D eigenvalue weighted by Gasteiger charge is 2.44. The quantitative estimate of drug-likeness (QED) is 0.366. The van der Waals surface area contributed by atoms with Gasteiger partial charge in [0.25, 0.3) is 5.92 Å². The molecule has 2 aromatic carbocycles. The molecule has 0 saturated heterocycles. The fourth-order valence-corrected chi connectivity index (χ4v) is 4.34. The van der Waals surface area contributed by atoms with Crippen LogP contribution in [0.3, 0.4) is 0 Å². The van der Waals surface area contributed by atoms with E-state index in [2.05, 4.69) is 10.2 Å². The van der Waals surface area contributed by atoms with Crippen LogP contribution >= 0.6 is 0 Å². The number of carbonyl (C=O) groups is 1. The molecule has 2 N–H and O–H groups in total. The molecule has 174 valence electrons. The van der Waals surface area contributed by atoms with E-state index in [4.69, 9.17) is 4.74 Å². The molecule has 4 aromatic rings. The second kappa shape index (κ2) is 7.87. The third-order valence-electron chi connectivity index (χ3n) is 5.57. The molecule has 33 heavy (non-hydrogen) atoms. The number of halogens is 4. The number of nitrogens with one attached hydrogen (secondary N) is 1. The Labute approximate surface area is 185 Å². The predicted octanol–water partition coefficient (Wildman–Crippen LogP) is 5.28. The third kappa shape index (κ3) is 3.84. The van der Waals surface area contributed by atoms with Crippen LogP contribution in [0.5, 0.6) is 0 Å². The molecule has 4 rings (SSSR count). The van der Waals surface area contributed by atoms with E-state index in [1.165, 1.54) is 30.0 Å². The molecule has 0 radical (unpaired) electrons. The van der Waals surface area contributed by atoms with Gasteiger partial charge in [-0.3, -0.25) is 9.89 Å². The summed E-state index contributed by atoms with van der Waals surface area (Å²) in [6, 6.07) is 6.17. The van der Waals surface area contributed by atoms with E-state index >= 15 is 8.78 Å². The van der Waals surface area contributed by atoms with Crippen LogP contribution in [0, 0.1) is 11.6 Å². The Morgan fingerprint density at radius 3 is 2.55 bits per heavy atom. The summed E-state index contributed by atoms with van der Waals surface area (Å²) in [7, 11) is 1.41. The number of carboxylic acids is 1. The first kappa shape index (κ1) is 22.8. The van der Waals surface area contributed by atoms with Crippen molar-refractivity contribution in [1.82, 2.24) is 14.8 Å². The van der Waals surface area contributed by atoms with E-state index in [1.54, 1.807) is 19.9 Å². The lowest BCUT2D eigenvalue weighted by molar-refractivity contribution is -0.145. The molecule has 2 heterocycles. The number of rotatable bonds is 7. The Kier molecular flexibility index (Phi) is 5.44. The van der Waals surface area contributed by atoms with E-state index < -0.39 is 40.9 Å². The van der Waals surface area contributed by atoms with Gasteiger partial charge in [-0.05, 0) is 24.3 Å². The van der Waals surface area contributed by atoms with Crippen LogP contribution < -0.4 is 0 Å². The third-order valence-corrected chi connectivity index (χ3v) is 5.57. The van der Waals surface area contributed by atoms with Gasteiger partial charge >= 0.3 is 5.97 Å². The molecule has 0 aliphatic heterocycles. The van der Waals surface area contributed by atoms with Gasteiger partial charge in [0.05, 0.1) is 29.4 Å². The van der Waals surface area contributed by atoms with Crippen LogP contribution in [0.2, 0.25) is 0 Å². The molecule has 0 saturated carbocycles. The van der Waals surface area contributed by atoms with Gasteiger partial charge in [-0.1, -0.05) is 13.8 Å². The highest BCUT2D eigenvalue weighted by Crippen LogP contribution is 2.47. The molecule has 10 heteroatoms. The van der Waals surface area contributed by atoms with Crippen molar-refractivity contribution in [3.8, 4) is 5.69 Å². The van der Waals surface area contributed by atoms with Crippen molar-refractivity contribution in [2.45, 2.75) is 31.6 Å². The van der Waals surface area contributed by atoms with E-state index in [-0.39, 0.29) is 28.9 Å². The summed E-state index contributed by atoms with van der Waals surface area (Å²) < 4.78 is 65.7. The minimum atomic E-state index is -3.78. The van der Waals surface area contributed by atoms with Crippen LogP contribution in [-0.2, 0) is 20.9 Å². The molecule has 0 spiro atoms. The molecular weight excluding hydrogens is 442 g/mol. The minimum Gasteiger partial charge on any atom is -0.481 e. The summed E-state index contributed by atoms with van der Waals surface area (Å²) in [6.45, 7) is 3.33. The molecule has 0 amide bonds. The summed E-state index contributed by atoms with van der Waals surface area (Å²) in [5, 5.41) is 16.5. The van der Waals surface area contributed by atoms with Gasteiger partial charge in [0.1, 0.15) is 6.42 Å². The average molecular weight is 463 g/mol. The number of fused-ring (bicyclic) bond motifs is 2. The van der Waals surface area contributed by atoms with Crippen LogP contribution in [-0.4, -0.2) is 39.6 Å². The van der Waals surface area contributed by atoms with Gasteiger partial charge < -0.3 is 14.4 Å². The summed E-state index contributed by atoms with van der Waals surface area (Å²) >= 11 is 0. The van der Waals surface area contributed by atoms with Crippen molar-refractivity contribution in [1.29, 1.82) is 0 Å². The summed E-state index contributed by atoms with van der Waals surface area (Å²) in [5.41, 5.74) is -0.691. The standard InChI is InChI=1S/C23H21F4N3O3/c1-22(2,11-33-3)21-20(23(26,27)9-19(31)32)14-8-17-12(10-28-29-17)6-18(14)30(21)13-4-5-15(24)16(25)7-13/h4-8,10H,9,11H2,1-3H3,(H,28,29)(H,31,32). The zero-order valence-corrected chi connectivity index (χ0v) is 18.0. The number of aromatic nitrogens is 3. The number of carboxylic acid groups (broad SMARTS) is 1. The van der Waals surface area contributed by atoms with Crippen molar-refractivity contribution in [3.63, 3.8) is 0 Å². The Bertz CT molecular complexity index is 1370. The molecule has 0 bridgehead atoms. The maximum Gasteiger partial charge on any atom is 0.309 e. The minimum absolute atomic E-state index is 0.00255. The van der Waals surface area contributed by atoms with Crippen molar-refractivity contribution >= 4 is 27.8 Å². The van der Waals surface area contributed by atoms with Crippen LogP contribution in [0.25, 0.3) is 27.5 Å². The number of ether oxygens (including phenoxy) is 1. The zero-order chi connectivity index (χ0) is 24.1. The van der Waals surface area contributed by atoms with Gasteiger partial charge in [0.15, 0.2) is 11.6 Å². The monoisotopic (exact) mass is 463 g/mol. The summed E-state index contributed by atoms with van der Waals surface area (Å²) in [5.74, 6) is -7.68. The number of aliphatic carboxylic acids is 1. The topological polar surface area (TPSA) is 80.1 Å². The van der Waals surface area contributed by atoms with Crippen LogP contribution in [0.1, 0.15) is 31.5 Å². The van der Waals surface area contributed by atoms with Crippen LogP contribution in [0.4, 0.5) is 17.6 Å². The van der Waals surface area contributed by atoms with E-state index in [1.807, 2.05) is 0 Å². The Hall–Kier alpha value is -3.40. The van der Waals surface area contributed by atoms with Gasteiger partial charge in [-0.25, -0.2) is 17.6 Å². The summed E-state index contributed by atoms with van der Waals surface area (Å²) in [4.78, 5) is 11.3. The lowest BCUT2D eigenvalue weighted by atomic mass is 9.84. The molecule has 0 fully saturated rings. The highest BCUT2D eigenvalue weighted by molar-refractivity contribution is 5.99. The van der Waals surface area contributed by atoms with Crippen LogP contribution in [0.15, 0.2) is 36.5 Å². The first-order chi connectivity index (χ1) is 15.5. The predicted molar refractivity (Wildman–Crippen MR) is 114 cm³/mol. The number of nitrogens with zero attached hydrogens (tertiary/aromatic N) is 2. The Balaban J connectivity index is 2.22. The number of aromatic amines is 1. The average Bonchev–Trinajstić information content (AvgIpc) is 3.29. The number of methoxy groups -OCH3 is 1. The van der Waals surface area contributed by atoms with Crippen molar-refractivity contribution in [2.24, 2.45) is 0 Å². The molecule has 6 nitrogen and oxygen atoms in total. The zero-order valence-electron chi connectivity index (χ0n) is 18.0. The normalized spacial score (nSPS) is 12.7. The molecule has 0 unspecified atom stereocenters. The maximum atomic E-state index is 15.6.